The van der Waals surface area contributed by atoms with Crippen LogP contribution in [0.1, 0.15) is 36.6 Å². The molecule has 0 bridgehead atoms. The van der Waals surface area contributed by atoms with Crippen molar-refractivity contribution < 1.29 is 22.3 Å². The predicted octanol–water partition coefficient (Wildman–Crippen LogP) is 3.74. The Kier molecular flexibility index (Phi) is 7.12. The van der Waals surface area contributed by atoms with E-state index in [1.807, 2.05) is 6.07 Å². The average molecular weight is 404 g/mol. The fourth-order valence-corrected chi connectivity index (χ4v) is 4.27. The molecule has 0 unspecified atom stereocenters. The van der Waals surface area contributed by atoms with Crippen molar-refractivity contribution in [1.29, 1.82) is 5.26 Å². The molecule has 2 aromatic rings. The Labute approximate surface area is 163 Å². The molecule has 0 radical (unpaired) electrons. The molecule has 0 aliphatic heterocycles. The van der Waals surface area contributed by atoms with Gasteiger partial charge in [-0.25, -0.2) is 17.6 Å². The molecular weight excluding hydrogens is 383 g/mol. The lowest BCUT2D eigenvalue weighted by Gasteiger charge is -2.20. The third-order valence-corrected chi connectivity index (χ3v) is 6.54. The Morgan fingerprint density at radius 3 is 2.32 bits per heavy atom. The Hall–Kier alpha value is -2.92. The van der Waals surface area contributed by atoms with Gasteiger partial charge in [-0.15, -0.1) is 0 Å². The summed E-state index contributed by atoms with van der Waals surface area (Å²) in [6, 6.07) is 12.6. The Bertz CT molecular complexity index is 951. The quantitative estimate of drug-likeness (QED) is 0.758. The van der Waals surface area contributed by atoms with Crippen LogP contribution in [0.4, 0.5) is 9.18 Å². The van der Waals surface area contributed by atoms with E-state index in [9.17, 15) is 17.6 Å². The van der Waals surface area contributed by atoms with E-state index in [2.05, 4.69) is 5.32 Å². The number of halogens is 1. The zero-order valence-corrected chi connectivity index (χ0v) is 16.4. The topological polar surface area (TPSA) is 96.3 Å². The molecule has 148 valence electrons. The Morgan fingerprint density at radius 2 is 1.79 bits per heavy atom. The molecular formula is C20H21FN2O4S. The second-order valence-corrected chi connectivity index (χ2v) is 8.66. The normalized spacial score (nSPS) is 13.2. The monoisotopic (exact) mass is 404 g/mol. The minimum Gasteiger partial charge on any atom is -0.410 e. The van der Waals surface area contributed by atoms with Gasteiger partial charge in [-0.05, 0) is 55.3 Å². The van der Waals surface area contributed by atoms with E-state index < -0.39 is 33.0 Å². The van der Waals surface area contributed by atoms with Gasteiger partial charge in [0.05, 0.1) is 22.6 Å². The van der Waals surface area contributed by atoms with Crippen LogP contribution in [-0.2, 0) is 9.84 Å². The van der Waals surface area contributed by atoms with Crippen molar-refractivity contribution in [2.45, 2.75) is 31.6 Å². The van der Waals surface area contributed by atoms with E-state index in [0.29, 0.717) is 17.5 Å². The number of rotatable bonds is 7. The molecule has 8 heteroatoms. The van der Waals surface area contributed by atoms with Gasteiger partial charge in [-0.3, -0.25) is 0 Å². The van der Waals surface area contributed by atoms with Crippen LogP contribution in [0.2, 0.25) is 0 Å². The summed E-state index contributed by atoms with van der Waals surface area (Å²) in [7, 11) is -3.57. The maximum Gasteiger partial charge on any atom is 0.412 e. The summed E-state index contributed by atoms with van der Waals surface area (Å²) in [6.07, 6.45) is -0.419. The van der Waals surface area contributed by atoms with Crippen LogP contribution in [0.25, 0.3) is 0 Å². The Balaban J connectivity index is 2.01. The predicted molar refractivity (Wildman–Crippen MR) is 103 cm³/mol. The van der Waals surface area contributed by atoms with Gasteiger partial charge >= 0.3 is 6.09 Å². The van der Waals surface area contributed by atoms with E-state index >= 15 is 0 Å². The first-order chi connectivity index (χ1) is 13.2. The lowest BCUT2D eigenvalue weighted by molar-refractivity contribution is 0.196. The smallest absolute Gasteiger partial charge is 0.410 e. The first kappa shape index (κ1) is 21.4. The third-order valence-electron chi connectivity index (χ3n) is 4.32. The third kappa shape index (κ3) is 5.79. The van der Waals surface area contributed by atoms with Crippen molar-refractivity contribution in [3.63, 3.8) is 0 Å². The maximum absolute atomic E-state index is 12.9. The summed E-state index contributed by atoms with van der Waals surface area (Å²) >= 11 is 0. The highest BCUT2D eigenvalue weighted by atomic mass is 32.2. The first-order valence-corrected chi connectivity index (χ1v) is 10.4. The molecule has 0 saturated carbocycles. The molecule has 0 aromatic heterocycles. The van der Waals surface area contributed by atoms with Crippen molar-refractivity contribution in [3.05, 3.63) is 65.5 Å². The molecule has 0 saturated heterocycles. The van der Waals surface area contributed by atoms with Crippen LogP contribution in [0.15, 0.2) is 48.5 Å². The summed E-state index contributed by atoms with van der Waals surface area (Å²) in [5.41, 5.74) is 1.02. The number of benzene rings is 2. The van der Waals surface area contributed by atoms with Crippen LogP contribution in [0.3, 0.4) is 0 Å². The second kappa shape index (κ2) is 9.33. The van der Waals surface area contributed by atoms with E-state index in [1.165, 1.54) is 12.1 Å². The summed E-state index contributed by atoms with van der Waals surface area (Å²) in [5.74, 6) is -0.562. The van der Waals surface area contributed by atoms with Gasteiger partial charge in [0.15, 0.2) is 9.84 Å². The van der Waals surface area contributed by atoms with Crippen molar-refractivity contribution in [2.24, 2.45) is 0 Å². The molecule has 1 amide bonds. The standard InChI is InChI=1S/C20H21FN2O4S/c1-3-18(23-20(24)27-19-10-8-17(21)9-11-19)13-28(25,26)14(2)16-6-4-15(12-22)5-7-16/h4-11,14,18H,3,13H2,1-2H3,(H,23,24)/t14-,18-/m1/s1. The number of amides is 1. The summed E-state index contributed by atoms with van der Waals surface area (Å²) in [4.78, 5) is 12.0. The SMILES string of the molecule is CC[C@H](CS(=O)(=O)[C@H](C)c1ccc(C#N)cc1)NC(=O)Oc1ccc(F)cc1. The molecule has 1 N–H and O–H groups in total. The number of hydrogen-bond acceptors (Lipinski definition) is 5. The molecule has 6 nitrogen and oxygen atoms in total. The number of nitrogens with zero attached hydrogens (tertiary/aromatic N) is 1. The zero-order valence-electron chi connectivity index (χ0n) is 15.6. The van der Waals surface area contributed by atoms with Gasteiger partial charge < -0.3 is 10.1 Å². The van der Waals surface area contributed by atoms with Crippen LogP contribution in [0, 0.1) is 17.1 Å². The number of ether oxygens (including phenoxy) is 1. The number of carbonyl (C=O) groups is 1. The van der Waals surface area contributed by atoms with Crippen LogP contribution in [0.5, 0.6) is 5.75 Å². The minimum absolute atomic E-state index is 0.155. The summed E-state index contributed by atoms with van der Waals surface area (Å²) < 4.78 is 43.4. The summed E-state index contributed by atoms with van der Waals surface area (Å²) in [5, 5.41) is 10.6. The van der Waals surface area contributed by atoms with Crippen molar-refractivity contribution in [3.8, 4) is 11.8 Å². The van der Waals surface area contributed by atoms with Gasteiger partial charge in [0, 0.05) is 6.04 Å². The summed E-state index contributed by atoms with van der Waals surface area (Å²) in [6.45, 7) is 3.32. The van der Waals surface area contributed by atoms with Gasteiger partial charge in [0.25, 0.3) is 0 Å². The van der Waals surface area contributed by atoms with Crippen molar-refractivity contribution in [2.75, 3.05) is 5.75 Å². The number of nitriles is 1. The van der Waals surface area contributed by atoms with E-state index in [1.54, 1.807) is 38.1 Å². The van der Waals surface area contributed by atoms with Crippen LogP contribution < -0.4 is 10.1 Å². The fraction of sp³-hybridized carbons (Fsp3) is 0.300. The second-order valence-electron chi connectivity index (χ2n) is 6.30. The molecule has 2 aromatic carbocycles. The molecule has 0 spiro atoms. The van der Waals surface area contributed by atoms with E-state index in [0.717, 1.165) is 12.1 Å². The molecule has 2 atom stereocenters. The lowest BCUT2D eigenvalue weighted by Crippen LogP contribution is -2.41. The van der Waals surface area contributed by atoms with Gasteiger partial charge in [-0.1, -0.05) is 19.1 Å². The number of hydrogen-bond donors (Lipinski definition) is 1. The molecule has 2 rings (SSSR count). The highest BCUT2D eigenvalue weighted by Gasteiger charge is 2.27. The number of nitrogens with one attached hydrogen (secondary N) is 1. The Morgan fingerprint density at radius 1 is 1.18 bits per heavy atom. The molecule has 0 aliphatic carbocycles. The van der Waals surface area contributed by atoms with E-state index in [4.69, 9.17) is 10.00 Å². The fourth-order valence-electron chi connectivity index (χ4n) is 2.53. The minimum atomic E-state index is -3.57. The highest BCUT2D eigenvalue weighted by molar-refractivity contribution is 7.91. The first-order valence-electron chi connectivity index (χ1n) is 8.70. The maximum atomic E-state index is 12.9. The van der Waals surface area contributed by atoms with Crippen molar-refractivity contribution in [1.82, 2.24) is 5.32 Å². The van der Waals surface area contributed by atoms with Crippen molar-refractivity contribution >= 4 is 15.9 Å². The zero-order chi connectivity index (χ0) is 20.7. The number of carbonyl (C=O) groups excluding carboxylic acids is 1. The van der Waals surface area contributed by atoms with Gasteiger partial charge in [-0.2, -0.15) is 5.26 Å². The van der Waals surface area contributed by atoms with Gasteiger partial charge in [0.2, 0.25) is 0 Å². The van der Waals surface area contributed by atoms with E-state index in [-0.39, 0.29) is 11.5 Å². The van der Waals surface area contributed by atoms with Gasteiger partial charge in [0.1, 0.15) is 11.6 Å². The largest absolute Gasteiger partial charge is 0.412 e. The molecule has 0 aliphatic rings. The molecule has 0 fully saturated rings. The number of sulfone groups is 1. The van der Waals surface area contributed by atoms with Crippen LogP contribution >= 0.6 is 0 Å². The molecule has 28 heavy (non-hydrogen) atoms. The van der Waals surface area contributed by atoms with Crippen LogP contribution in [-0.4, -0.2) is 26.3 Å². The molecule has 0 heterocycles. The average Bonchev–Trinajstić information content (AvgIpc) is 2.68. The highest BCUT2D eigenvalue weighted by Crippen LogP contribution is 2.24. The lowest BCUT2D eigenvalue weighted by atomic mass is 10.1.